The van der Waals surface area contributed by atoms with E-state index < -0.39 is 15.0 Å². The van der Waals surface area contributed by atoms with Crippen molar-refractivity contribution in [3.8, 4) is 5.75 Å². The summed E-state index contributed by atoms with van der Waals surface area (Å²) in [5, 5.41) is 9.80. The summed E-state index contributed by atoms with van der Waals surface area (Å²) in [5.74, 6) is -0.344. The third-order valence-electron chi connectivity index (χ3n) is 2.70. The normalized spacial score (nSPS) is 12.1. The summed E-state index contributed by atoms with van der Waals surface area (Å²) in [6.07, 6.45) is 0. The van der Waals surface area contributed by atoms with Gasteiger partial charge in [-0.05, 0) is 18.2 Å². The Morgan fingerprint density at radius 2 is 1.58 bits per heavy atom. The van der Waals surface area contributed by atoms with Crippen LogP contribution in [0.3, 0.4) is 0 Å². The number of hydrogen-bond donors (Lipinski definition) is 2. The summed E-state index contributed by atoms with van der Waals surface area (Å²) in [4.78, 5) is 8.01. The van der Waals surface area contributed by atoms with Crippen molar-refractivity contribution in [2.24, 2.45) is 0 Å². The minimum Gasteiger partial charge on any atom is -0.506 e. The summed E-state index contributed by atoms with van der Waals surface area (Å²) in [6.45, 7) is 0. The molecule has 2 aromatic carbocycles. The summed E-state index contributed by atoms with van der Waals surface area (Å²) in [6, 6.07) is 9.13. The summed E-state index contributed by atoms with van der Waals surface area (Å²) in [5.41, 5.74) is 1.55. The maximum atomic E-state index is 11.1. The molecule has 1 aromatic heterocycles. The predicted molar refractivity (Wildman–Crippen MR) is 68.5 cm³/mol. The first kappa shape index (κ1) is 11.8. The Kier molecular flexibility index (Phi) is 2.41. The molecule has 7 heteroatoms. The van der Waals surface area contributed by atoms with E-state index in [0.29, 0.717) is 11.0 Å². The van der Waals surface area contributed by atoms with E-state index in [9.17, 15) is 13.5 Å². The molecule has 0 spiro atoms. The van der Waals surface area contributed by atoms with E-state index >= 15 is 0 Å². The molecule has 0 atom stereocenters. The second-order valence-corrected chi connectivity index (χ2v) is 5.42. The summed E-state index contributed by atoms with van der Waals surface area (Å²) < 4.78 is 31.2. The van der Waals surface area contributed by atoms with Crippen LogP contribution >= 0.6 is 0 Å². The van der Waals surface area contributed by atoms with Crippen LogP contribution in [0, 0.1) is 0 Å². The van der Waals surface area contributed by atoms with E-state index in [0.717, 1.165) is 6.07 Å². The first-order valence-corrected chi connectivity index (χ1v) is 6.76. The zero-order chi connectivity index (χ0) is 13.6. The molecule has 3 aromatic rings. The number of fused-ring (bicyclic) bond motifs is 2. The van der Waals surface area contributed by atoms with Gasteiger partial charge in [-0.2, -0.15) is 8.42 Å². The average molecular weight is 276 g/mol. The van der Waals surface area contributed by atoms with Crippen LogP contribution in [0.1, 0.15) is 0 Å². The fourth-order valence-corrected chi connectivity index (χ4v) is 2.35. The van der Waals surface area contributed by atoms with Gasteiger partial charge in [0.05, 0.1) is 21.4 Å². The fourth-order valence-electron chi connectivity index (χ4n) is 1.83. The third-order valence-corrected chi connectivity index (χ3v) is 3.53. The smallest absolute Gasteiger partial charge is 0.294 e. The van der Waals surface area contributed by atoms with Crippen LogP contribution in [0.4, 0.5) is 0 Å². The summed E-state index contributed by atoms with van der Waals surface area (Å²) >= 11 is 0. The number of aromatic hydroxyl groups is 1. The van der Waals surface area contributed by atoms with Crippen molar-refractivity contribution in [2.75, 3.05) is 0 Å². The molecule has 0 amide bonds. The van der Waals surface area contributed by atoms with Gasteiger partial charge in [-0.25, -0.2) is 9.97 Å². The molecule has 1 heterocycles. The Morgan fingerprint density at radius 3 is 2.21 bits per heavy atom. The Labute approximate surface area is 108 Å². The molecular weight excluding hydrogens is 268 g/mol. The third kappa shape index (κ3) is 1.98. The topological polar surface area (TPSA) is 100 Å². The van der Waals surface area contributed by atoms with Crippen LogP contribution in [0.2, 0.25) is 0 Å². The molecule has 2 N–H and O–H groups in total. The lowest BCUT2D eigenvalue weighted by Crippen LogP contribution is -1.99. The molecule has 0 saturated heterocycles. The van der Waals surface area contributed by atoms with E-state index in [1.54, 1.807) is 24.3 Å². The number of aromatic nitrogens is 2. The number of nitrogens with zero attached hydrogens (tertiary/aromatic N) is 2. The highest BCUT2D eigenvalue weighted by molar-refractivity contribution is 7.85. The zero-order valence-electron chi connectivity index (χ0n) is 9.48. The zero-order valence-corrected chi connectivity index (χ0v) is 10.3. The van der Waals surface area contributed by atoms with Crippen LogP contribution in [0.5, 0.6) is 5.75 Å². The van der Waals surface area contributed by atoms with Crippen LogP contribution < -0.4 is 0 Å². The van der Waals surface area contributed by atoms with E-state index in [1.165, 1.54) is 6.07 Å². The largest absolute Gasteiger partial charge is 0.506 e. The first-order valence-electron chi connectivity index (χ1n) is 5.32. The standard InChI is InChI=1S/C12H8N2O4S/c15-11-6-7(19(16,17)18)5-10-12(11)14-9-4-2-1-3-8(9)13-10/h1-6,15H,(H,16,17,18). The number of rotatable bonds is 1. The van der Waals surface area contributed by atoms with Crippen molar-refractivity contribution in [3.05, 3.63) is 36.4 Å². The maximum Gasteiger partial charge on any atom is 0.294 e. The van der Waals surface area contributed by atoms with Crippen molar-refractivity contribution < 1.29 is 18.1 Å². The molecular formula is C12H8N2O4S. The molecule has 96 valence electrons. The van der Waals surface area contributed by atoms with E-state index in [-0.39, 0.29) is 16.8 Å². The van der Waals surface area contributed by atoms with Gasteiger partial charge in [0, 0.05) is 6.07 Å². The molecule has 0 aliphatic heterocycles. The van der Waals surface area contributed by atoms with Crippen molar-refractivity contribution in [1.29, 1.82) is 0 Å². The van der Waals surface area contributed by atoms with E-state index in [2.05, 4.69) is 9.97 Å². The SMILES string of the molecule is O=S(=O)(O)c1cc(O)c2nc3ccccc3nc2c1. The number of phenols is 1. The molecule has 0 aliphatic carbocycles. The number of phenolic OH excluding ortho intramolecular Hbond substituents is 1. The number of benzene rings is 2. The van der Waals surface area contributed by atoms with Crippen LogP contribution in [-0.4, -0.2) is 28.0 Å². The van der Waals surface area contributed by atoms with E-state index in [4.69, 9.17) is 4.55 Å². The molecule has 0 bridgehead atoms. The lowest BCUT2D eigenvalue weighted by Gasteiger charge is -2.04. The molecule has 19 heavy (non-hydrogen) atoms. The van der Waals surface area contributed by atoms with Gasteiger partial charge >= 0.3 is 0 Å². The minimum absolute atomic E-state index is 0.186. The quantitative estimate of drug-likeness (QED) is 0.518. The van der Waals surface area contributed by atoms with Crippen molar-refractivity contribution >= 4 is 32.2 Å². The molecule has 0 unspecified atom stereocenters. The number of hydrogen-bond acceptors (Lipinski definition) is 5. The molecule has 3 rings (SSSR count). The Morgan fingerprint density at radius 1 is 0.947 bits per heavy atom. The minimum atomic E-state index is -4.40. The van der Waals surface area contributed by atoms with Gasteiger partial charge in [0.1, 0.15) is 11.3 Å². The highest BCUT2D eigenvalue weighted by atomic mass is 32.2. The molecule has 0 aliphatic rings. The van der Waals surface area contributed by atoms with Gasteiger partial charge in [-0.15, -0.1) is 0 Å². The molecule has 6 nitrogen and oxygen atoms in total. The number of para-hydroxylation sites is 2. The summed E-state index contributed by atoms with van der Waals surface area (Å²) in [7, 11) is -4.40. The molecule has 0 radical (unpaired) electrons. The lowest BCUT2D eigenvalue weighted by molar-refractivity contribution is 0.470. The Balaban J connectivity index is 2.45. The average Bonchev–Trinajstić information content (AvgIpc) is 2.35. The van der Waals surface area contributed by atoms with Crippen LogP contribution in [0.15, 0.2) is 41.3 Å². The van der Waals surface area contributed by atoms with Gasteiger partial charge < -0.3 is 5.11 Å². The fraction of sp³-hybridized carbons (Fsp3) is 0. The second-order valence-electron chi connectivity index (χ2n) is 4.00. The van der Waals surface area contributed by atoms with Gasteiger partial charge in [-0.1, -0.05) is 12.1 Å². The van der Waals surface area contributed by atoms with Crippen molar-refractivity contribution in [3.63, 3.8) is 0 Å². The lowest BCUT2D eigenvalue weighted by atomic mass is 10.2. The Bertz CT molecular complexity index is 906. The van der Waals surface area contributed by atoms with E-state index in [1.807, 2.05) is 0 Å². The van der Waals surface area contributed by atoms with Crippen molar-refractivity contribution in [2.45, 2.75) is 4.90 Å². The highest BCUT2D eigenvalue weighted by Gasteiger charge is 2.15. The van der Waals surface area contributed by atoms with Gasteiger partial charge in [-0.3, -0.25) is 4.55 Å². The van der Waals surface area contributed by atoms with Crippen LogP contribution in [0.25, 0.3) is 22.1 Å². The second kappa shape index (κ2) is 3.87. The Hall–Kier alpha value is -2.25. The monoisotopic (exact) mass is 276 g/mol. The molecule has 0 fully saturated rings. The van der Waals surface area contributed by atoms with Crippen molar-refractivity contribution in [1.82, 2.24) is 9.97 Å². The maximum absolute atomic E-state index is 11.1. The highest BCUT2D eigenvalue weighted by Crippen LogP contribution is 2.27. The van der Waals surface area contributed by atoms with Crippen LogP contribution in [-0.2, 0) is 10.1 Å². The first-order chi connectivity index (χ1) is 8.95. The molecule has 0 saturated carbocycles. The van der Waals surface area contributed by atoms with Gasteiger partial charge in [0.15, 0.2) is 0 Å². The van der Waals surface area contributed by atoms with Gasteiger partial charge in [0.2, 0.25) is 0 Å². The predicted octanol–water partition coefficient (Wildman–Crippen LogP) is 1.74. The van der Waals surface area contributed by atoms with Gasteiger partial charge in [0.25, 0.3) is 10.1 Å².